The highest BCUT2D eigenvalue weighted by Gasteiger charge is 2.39. The molecule has 286 valence electrons. The van der Waals surface area contributed by atoms with Crippen molar-refractivity contribution >= 4 is 23.2 Å². The average Bonchev–Trinajstić information content (AvgIpc) is 4.09. The highest BCUT2D eigenvalue weighted by Crippen LogP contribution is 2.37. The van der Waals surface area contributed by atoms with E-state index < -0.39 is 0 Å². The number of imidazole rings is 2. The monoisotopic (exact) mass is 764 g/mol. The summed E-state index contributed by atoms with van der Waals surface area (Å²) >= 11 is 1.58. The van der Waals surface area contributed by atoms with Crippen LogP contribution in [0.25, 0.3) is 33.6 Å². The van der Waals surface area contributed by atoms with Gasteiger partial charge in [0.05, 0.1) is 53.0 Å². The first-order valence-corrected chi connectivity index (χ1v) is 21.0. The molecule has 3 fully saturated rings. The van der Waals surface area contributed by atoms with Crippen LogP contribution in [0.4, 0.5) is 0 Å². The minimum atomic E-state index is -0.255. The zero-order chi connectivity index (χ0) is 38.0. The number of H-pyrrole nitrogens is 2. The Morgan fingerprint density at radius 1 is 0.696 bits per heavy atom. The first kappa shape index (κ1) is 36.3. The lowest BCUT2D eigenvalue weighted by atomic mass is 10.00. The number of hydrogen-bond donors (Lipinski definition) is 2. The molecule has 0 bridgehead atoms. The van der Waals surface area contributed by atoms with E-state index in [1.807, 2.05) is 47.8 Å². The van der Waals surface area contributed by atoms with Crippen LogP contribution in [0.5, 0.6) is 0 Å². The zero-order valence-electron chi connectivity index (χ0n) is 31.9. The molecule has 9 rings (SSSR count). The van der Waals surface area contributed by atoms with Gasteiger partial charge in [-0.1, -0.05) is 85.3 Å². The van der Waals surface area contributed by atoms with E-state index in [1.165, 1.54) is 6.42 Å². The normalized spacial score (nSPS) is 19.4. The van der Waals surface area contributed by atoms with Crippen molar-refractivity contribution in [2.75, 3.05) is 26.2 Å². The van der Waals surface area contributed by atoms with Gasteiger partial charge in [0.2, 0.25) is 11.8 Å². The molecular weight excluding hydrogens is 717 g/mol. The maximum atomic E-state index is 14.3. The van der Waals surface area contributed by atoms with Crippen LogP contribution in [-0.4, -0.2) is 77.6 Å². The van der Waals surface area contributed by atoms with Gasteiger partial charge in [-0.15, -0.1) is 11.3 Å². The molecule has 0 radical (unpaired) electrons. The predicted molar refractivity (Wildman–Crippen MR) is 220 cm³/mol. The van der Waals surface area contributed by atoms with Crippen LogP contribution < -0.4 is 0 Å². The molecule has 3 aliphatic heterocycles. The van der Waals surface area contributed by atoms with Crippen molar-refractivity contribution < 1.29 is 9.59 Å². The lowest BCUT2D eigenvalue weighted by molar-refractivity contribution is -0.139. The van der Waals surface area contributed by atoms with E-state index in [0.29, 0.717) is 6.42 Å². The number of thiazole rings is 1. The smallest absolute Gasteiger partial charge is 0.245 e. The fourth-order valence-corrected chi connectivity index (χ4v) is 9.49. The number of nitrogens with one attached hydrogen (secondary N) is 2. The number of carbonyl (C=O) groups is 2. The Hall–Kier alpha value is -5.39. The van der Waals surface area contributed by atoms with E-state index in [1.54, 1.807) is 11.3 Å². The van der Waals surface area contributed by atoms with Crippen molar-refractivity contribution in [2.24, 2.45) is 0 Å². The summed E-state index contributed by atoms with van der Waals surface area (Å²) in [5.74, 6) is 1.98. The largest absolute Gasteiger partial charge is 0.340 e. The number of likely N-dealkylation sites (tertiary alicyclic amines) is 3. The Kier molecular flexibility index (Phi) is 10.4. The summed E-state index contributed by atoms with van der Waals surface area (Å²) in [5.41, 5.74) is 8.16. The lowest BCUT2D eigenvalue weighted by Crippen LogP contribution is -2.44. The van der Waals surface area contributed by atoms with Gasteiger partial charge in [-0.3, -0.25) is 14.5 Å². The van der Waals surface area contributed by atoms with Crippen LogP contribution in [-0.2, 0) is 16.0 Å². The highest BCUT2D eigenvalue weighted by atomic mass is 32.1. The summed E-state index contributed by atoms with van der Waals surface area (Å²) in [7, 11) is 0. The number of nitrogens with zero attached hydrogens (tertiary/aromatic N) is 6. The molecule has 0 aliphatic carbocycles. The molecule has 56 heavy (non-hydrogen) atoms. The molecule has 0 spiro atoms. The Balaban J connectivity index is 0.856. The average molecular weight is 765 g/mol. The molecule has 11 heteroatoms. The van der Waals surface area contributed by atoms with Gasteiger partial charge in [0.25, 0.3) is 0 Å². The summed E-state index contributed by atoms with van der Waals surface area (Å²) in [5, 5.41) is 2.96. The van der Waals surface area contributed by atoms with Crippen LogP contribution in [0.15, 0.2) is 96.6 Å². The van der Waals surface area contributed by atoms with Crippen LogP contribution in [0.2, 0.25) is 0 Å². The van der Waals surface area contributed by atoms with Crippen molar-refractivity contribution in [3.63, 3.8) is 0 Å². The van der Waals surface area contributed by atoms with Gasteiger partial charge in [-0.2, -0.15) is 0 Å². The third-order valence-corrected chi connectivity index (χ3v) is 12.6. The molecular formula is C45H48N8O2S. The van der Waals surface area contributed by atoms with Gasteiger partial charge in [0, 0.05) is 18.5 Å². The van der Waals surface area contributed by atoms with E-state index in [9.17, 15) is 9.59 Å². The van der Waals surface area contributed by atoms with Crippen molar-refractivity contribution in [1.29, 1.82) is 0 Å². The second kappa shape index (κ2) is 16.0. The minimum absolute atomic E-state index is 0.0456. The maximum Gasteiger partial charge on any atom is 0.245 e. The van der Waals surface area contributed by atoms with Gasteiger partial charge in [-0.25, -0.2) is 15.0 Å². The fourth-order valence-electron chi connectivity index (χ4n) is 8.88. The van der Waals surface area contributed by atoms with Crippen LogP contribution >= 0.6 is 11.3 Å². The molecule has 2 N–H and O–H groups in total. The molecule has 6 heterocycles. The highest BCUT2D eigenvalue weighted by molar-refractivity contribution is 7.09. The number of rotatable bonds is 10. The molecule has 3 saturated heterocycles. The maximum absolute atomic E-state index is 14.3. The summed E-state index contributed by atoms with van der Waals surface area (Å²) in [6.45, 7) is 5.37. The number of amides is 2. The predicted octanol–water partition coefficient (Wildman–Crippen LogP) is 8.70. The van der Waals surface area contributed by atoms with E-state index >= 15 is 0 Å². The number of hydrogen-bond acceptors (Lipinski definition) is 7. The van der Waals surface area contributed by atoms with Gasteiger partial charge in [0.15, 0.2) is 0 Å². The second-order valence-electron chi connectivity index (χ2n) is 15.4. The summed E-state index contributed by atoms with van der Waals surface area (Å²) in [6.07, 6.45) is 11.3. The lowest BCUT2D eigenvalue weighted by Gasteiger charge is -2.37. The number of aromatic amines is 2. The first-order chi connectivity index (χ1) is 27.5. The van der Waals surface area contributed by atoms with Gasteiger partial charge < -0.3 is 19.8 Å². The molecule has 3 aliphatic rings. The molecule has 3 aromatic heterocycles. The zero-order valence-corrected chi connectivity index (χ0v) is 32.7. The van der Waals surface area contributed by atoms with Crippen molar-refractivity contribution in [3.05, 3.63) is 125 Å². The van der Waals surface area contributed by atoms with E-state index in [4.69, 9.17) is 9.97 Å². The van der Waals surface area contributed by atoms with Gasteiger partial charge in [0.1, 0.15) is 17.7 Å². The Labute approximate surface area is 332 Å². The third kappa shape index (κ3) is 7.45. The standard InChI is InChI=1S/C45H48N8O2S/c1-30-48-36(29-56-30)26-41(54)52-24-8-12-39(52)43-46-27-37(49-43)33-18-14-31(15-19-33)32-16-20-34(21-17-32)38-28-47-44(50-38)40-13-9-25-53(40)45(55)42(35-10-4-2-5-11-35)51-22-6-3-7-23-51/h2,4-5,10-11,14-21,27-29,39-40,42H,3,6-9,12-13,22-26H2,1H3,(H,46,49)(H,47,50)/t39-,40-,42+/m0/s1. The quantitative estimate of drug-likeness (QED) is 0.144. The first-order valence-electron chi connectivity index (χ1n) is 20.1. The fraction of sp³-hybridized carbons (Fsp3) is 0.356. The van der Waals surface area contributed by atoms with Gasteiger partial charge >= 0.3 is 0 Å². The van der Waals surface area contributed by atoms with E-state index in [0.717, 1.165) is 126 Å². The molecule has 3 aromatic carbocycles. The molecule has 0 unspecified atom stereocenters. The van der Waals surface area contributed by atoms with E-state index in [-0.39, 0.29) is 29.9 Å². The van der Waals surface area contributed by atoms with Crippen LogP contribution in [0.3, 0.4) is 0 Å². The Morgan fingerprint density at radius 3 is 1.82 bits per heavy atom. The SMILES string of the molecule is Cc1nc(CC(=O)N2CCC[C@H]2c2ncc(-c3ccc(-c4ccc(-c5cnc([C@@H]6CCCN6C(=O)[C@@H](c6ccccc6)N6CCCCC6)[nH]5)cc4)cc3)[nH]2)cs1. The summed E-state index contributed by atoms with van der Waals surface area (Å²) in [6, 6.07) is 27.0. The minimum Gasteiger partial charge on any atom is -0.340 e. The summed E-state index contributed by atoms with van der Waals surface area (Å²) < 4.78 is 0. The molecule has 3 atom stereocenters. The number of piperidine rings is 1. The number of carbonyl (C=O) groups excluding carboxylic acids is 2. The number of aromatic nitrogens is 5. The summed E-state index contributed by atoms with van der Waals surface area (Å²) in [4.78, 5) is 55.1. The van der Waals surface area contributed by atoms with E-state index in [2.05, 4.69) is 85.4 Å². The van der Waals surface area contributed by atoms with Crippen molar-refractivity contribution in [1.82, 2.24) is 39.6 Å². The van der Waals surface area contributed by atoms with Crippen molar-refractivity contribution in [2.45, 2.75) is 76.4 Å². The molecule has 6 aromatic rings. The molecule has 10 nitrogen and oxygen atoms in total. The topological polar surface area (TPSA) is 114 Å². The van der Waals surface area contributed by atoms with Gasteiger partial charge in [-0.05, 0) is 86.4 Å². The Bertz CT molecular complexity index is 2270. The third-order valence-electron chi connectivity index (χ3n) is 11.8. The molecule has 0 saturated carbocycles. The second-order valence-corrected chi connectivity index (χ2v) is 16.5. The Morgan fingerprint density at radius 2 is 1.25 bits per heavy atom. The van der Waals surface area contributed by atoms with Crippen LogP contribution in [0, 0.1) is 6.92 Å². The number of aryl methyl sites for hydroxylation is 1. The van der Waals surface area contributed by atoms with Crippen LogP contribution in [0.1, 0.15) is 91.0 Å². The van der Waals surface area contributed by atoms with Crippen molar-refractivity contribution in [3.8, 4) is 33.6 Å². The number of benzene rings is 3. The molecule has 2 amide bonds.